The summed E-state index contributed by atoms with van der Waals surface area (Å²) in [6.07, 6.45) is 2.18. The van der Waals surface area contributed by atoms with E-state index in [4.69, 9.17) is 37.9 Å². The maximum Gasteiger partial charge on any atom is 0.119 e. The lowest BCUT2D eigenvalue weighted by atomic mass is 9.78. The first kappa shape index (κ1) is 42.1. The fraction of sp³-hybridized carbons (Fsp3) is 0.520. The highest BCUT2D eigenvalue weighted by molar-refractivity contribution is 5.43. The zero-order valence-electron chi connectivity index (χ0n) is 35.6. The summed E-state index contributed by atoms with van der Waals surface area (Å²) < 4.78 is 45.0. The molecule has 0 unspecified atom stereocenters. The van der Waals surface area contributed by atoms with Crippen LogP contribution in [-0.4, -0.2) is 79.3 Å². The Morgan fingerprint density at radius 2 is 0.707 bits per heavy atom. The molecule has 0 N–H and O–H groups in total. The van der Waals surface area contributed by atoms with Gasteiger partial charge in [-0.25, -0.2) is 0 Å². The van der Waals surface area contributed by atoms with Crippen molar-refractivity contribution in [2.45, 2.75) is 65.2 Å². The SMILES string of the molecule is CC(C)(c1ccc(OCC2COC2)cc1)c1ccc(OCC2COC2)cc1.CCC1(COc2ccc(C(C)(C)c3ccc(OCC4(CC)COC4)cc3)cc2)COC1. The van der Waals surface area contributed by atoms with Gasteiger partial charge in [0.2, 0.25) is 0 Å². The van der Waals surface area contributed by atoms with Crippen LogP contribution in [0.25, 0.3) is 0 Å². The highest BCUT2D eigenvalue weighted by Crippen LogP contribution is 2.37. The summed E-state index contributed by atoms with van der Waals surface area (Å²) in [6, 6.07) is 34.0. The van der Waals surface area contributed by atoms with Gasteiger partial charge in [0.1, 0.15) is 23.0 Å². The molecule has 4 heterocycles. The molecule has 0 atom stereocenters. The van der Waals surface area contributed by atoms with Gasteiger partial charge in [0.05, 0.1) is 90.1 Å². The van der Waals surface area contributed by atoms with E-state index in [-0.39, 0.29) is 21.7 Å². The third-order valence-electron chi connectivity index (χ3n) is 12.9. The molecule has 4 aromatic carbocycles. The molecule has 0 spiro atoms. The van der Waals surface area contributed by atoms with E-state index in [0.29, 0.717) is 11.8 Å². The minimum atomic E-state index is -0.101. The van der Waals surface area contributed by atoms with Gasteiger partial charge in [-0.15, -0.1) is 0 Å². The first-order valence-corrected chi connectivity index (χ1v) is 21.3. The van der Waals surface area contributed by atoms with E-state index < -0.39 is 0 Å². The molecule has 0 aromatic heterocycles. The van der Waals surface area contributed by atoms with Gasteiger partial charge < -0.3 is 37.9 Å². The summed E-state index contributed by atoms with van der Waals surface area (Å²) in [7, 11) is 0. The van der Waals surface area contributed by atoms with Crippen molar-refractivity contribution in [3.05, 3.63) is 119 Å². The predicted molar refractivity (Wildman–Crippen MR) is 228 cm³/mol. The molecule has 0 bridgehead atoms. The Kier molecular flexibility index (Phi) is 13.4. The minimum Gasteiger partial charge on any atom is -0.493 e. The van der Waals surface area contributed by atoms with Gasteiger partial charge in [-0.05, 0) is 83.6 Å². The second-order valence-electron chi connectivity index (χ2n) is 18.0. The van der Waals surface area contributed by atoms with Crippen molar-refractivity contribution < 1.29 is 37.9 Å². The third-order valence-corrected chi connectivity index (χ3v) is 12.9. The van der Waals surface area contributed by atoms with Crippen LogP contribution in [-0.2, 0) is 29.8 Å². The standard InChI is InChI=1S/C27H36O4.C23H28O4/c1-5-26(15-28-16-26)19-30-23-11-7-21(8-12-23)25(3,4)22-9-13-24(14-10-22)31-20-27(6-2)17-29-18-27;1-23(2,19-3-7-21(8-4-19)26-15-17-11-24-12-17)20-5-9-22(10-6-20)27-16-18-13-25-14-18/h7-14H,5-6,15-20H2,1-4H3;3-10,17-18H,11-16H2,1-2H3. The monoisotopic (exact) mass is 792 g/mol. The Morgan fingerprint density at radius 3 is 0.914 bits per heavy atom. The molecule has 312 valence electrons. The minimum absolute atomic E-state index is 0.0827. The zero-order valence-corrected chi connectivity index (χ0v) is 35.6. The molecule has 8 nitrogen and oxygen atoms in total. The molecule has 58 heavy (non-hydrogen) atoms. The maximum atomic E-state index is 6.07. The van der Waals surface area contributed by atoms with Crippen LogP contribution in [0.2, 0.25) is 0 Å². The van der Waals surface area contributed by atoms with E-state index in [9.17, 15) is 0 Å². The highest BCUT2D eigenvalue weighted by Gasteiger charge is 2.38. The Labute approximate surface area is 346 Å². The normalized spacial score (nSPS) is 18.6. The average Bonchev–Trinajstić information content (AvgIpc) is 3.17. The van der Waals surface area contributed by atoms with E-state index in [1.807, 2.05) is 0 Å². The quantitative estimate of drug-likeness (QED) is 0.0987. The number of hydrogen-bond acceptors (Lipinski definition) is 8. The smallest absolute Gasteiger partial charge is 0.119 e. The molecular formula is C50H64O8. The fourth-order valence-corrected chi connectivity index (χ4v) is 7.43. The first-order chi connectivity index (χ1) is 28.0. The molecule has 4 aliphatic heterocycles. The molecule has 8 rings (SSSR count). The van der Waals surface area contributed by atoms with Crippen LogP contribution < -0.4 is 18.9 Å². The van der Waals surface area contributed by atoms with Crippen LogP contribution in [0.5, 0.6) is 23.0 Å². The zero-order chi connectivity index (χ0) is 40.6. The highest BCUT2D eigenvalue weighted by atomic mass is 16.5. The summed E-state index contributed by atoms with van der Waals surface area (Å²) in [6.45, 7) is 22.8. The van der Waals surface area contributed by atoms with Gasteiger partial charge in [0, 0.05) is 22.7 Å². The van der Waals surface area contributed by atoms with Gasteiger partial charge >= 0.3 is 0 Å². The number of benzene rings is 4. The fourth-order valence-electron chi connectivity index (χ4n) is 7.43. The van der Waals surface area contributed by atoms with Crippen LogP contribution >= 0.6 is 0 Å². The van der Waals surface area contributed by atoms with Gasteiger partial charge in [-0.1, -0.05) is 90.1 Å². The van der Waals surface area contributed by atoms with Crippen molar-refractivity contribution in [2.24, 2.45) is 22.7 Å². The van der Waals surface area contributed by atoms with E-state index in [1.165, 1.54) is 22.3 Å². The van der Waals surface area contributed by atoms with Crippen molar-refractivity contribution in [1.82, 2.24) is 0 Å². The van der Waals surface area contributed by atoms with Gasteiger partial charge in [0.25, 0.3) is 0 Å². The van der Waals surface area contributed by atoms with E-state index in [1.54, 1.807) is 0 Å². The predicted octanol–water partition coefficient (Wildman–Crippen LogP) is 9.69. The van der Waals surface area contributed by atoms with Crippen molar-refractivity contribution in [3.8, 4) is 23.0 Å². The summed E-state index contributed by atoms with van der Waals surface area (Å²) in [5.74, 6) is 4.77. The van der Waals surface area contributed by atoms with Crippen LogP contribution in [0.15, 0.2) is 97.1 Å². The third kappa shape index (κ3) is 10.0. The summed E-state index contributed by atoms with van der Waals surface area (Å²) >= 11 is 0. The van der Waals surface area contributed by atoms with Gasteiger partial charge in [-0.2, -0.15) is 0 Å². The number of rotatable bonds is 18. The van der Waals surface area contributed by atoms with Crippen molar-refractivity contribution in [1.29, 1.82) is 0 Å². The molecule has 4 fully saturated rings. The molecule has 4 aromatic rings. The molecular weight excluding hydrogens is 729 g/mol. The topological polar surface area (TPSA) is 73.8 Å². The Balaban J connectivity index is 0.000000178. The Morgan fingerprint density at radius 1 is 0.431 bits per heavy atom. The molecule has 0 amide bonds. The summed E-state index contributed by atoms with van der Waals surface area (Å²) in [5, 5.41) is 0. The lowest BCUT2D eigenvalue weighted by Crippen LogP contribution is -2.46. The lowest BCUT2D eigenvalue weighted by Gasteiger charge is -2.40. The average molecular weight is 793 g/mol. The number of hydrogen-bond donors (Lipinski definition) is 0. The Bertz CT molecular complexity index is 1710. The van der Waals surface area contributed by atoms with E-state index in [2.05, 4.69) is 139 Å². The first-order valence-electron chi connectivity index (χ1n) is 21.3. The second kappa shape index (κ2) is 18.5. The maximum absolute atomic E-state index is 6.07. The van der Waals surface area contributed by atoms with Crippen molar-refractivity contribution in [2.75, 3.05) is 79.3 Å². The molecule has 4 aliphatic rings. The molecule has 8 heteroatoms. The molecule has 0 radical (unpaired) electrons. The van der Waals surface area contributed by atoms with Crippen molar-refractivity contribution >= 4 is 0 Å². The van der Waals surface area contributed by atoms with Crippen LogP contribution in [0.3, 0.4) is 0 Å². The van der Waals surface area contributed by atoms with E-state index >= 15 is 0 Å². The molecule has 0 saturated carbocycles. The van der Waals surface area contributed by atoms with Gasteiger partial charge in [0.15, 0.2) is 0 Å². The van der Waals surface area contributed by atoms with Crippen LogP contribution in [0, 0.1) is 22.7 Å². The Hall–Kier alpha value is -4.08. The summed E-state index contributed by atoms with van der Waals surface area (Å²) in [4.78, 5) is 0. The molecule has 4 saturated heterocycles. The van der Waals surface area contributed by atoms with E-state index in [0.717, 1.165) is 115 Å². The van der Waals surface area contributed by atoms with Crippen LogP contribution in [0.1, 0.15) is 76.6 Å². The summed E-state index contributed by atoms with van der Waals surface area (Å²) in [5.41, 5.74) is 5.28. The number of ether oxygens (including phenoxy) is 8. The van der Waals surface area contributed by atoms with Crippen LogP contribution in [0.4, 0.5) is 0 Å². The lowest BCUT2D eigenvalue weighted by molar-refractivity contribution is -0.133. The van der Waals surface area contributed by atoms with Crippen molar-refractivity contribution in [3.63, 3.8) is 0 Å². The molecule has 0 aliphatic carbocycles. The second-order valence-corrected chi connectivity index (χ2v) is 18.0. The largest absolute Gasteiger partial charge is 0.493 e. The van der Waals surface area contributed by atoms with Gasteiger partial charge in [-0.3, -0.25) is 0 Å².